The number of anilines is 1. The second-order valence-electron chi connectivity index (χ2n) is 2.52. The minimum absolute atomic E-state index is 0.436. The van der Waals surface area contributed by atoms with Crippen molar-refractivity contribution in [2.45, 2.75) is 0 Å². The number of rotatable bonds is 2. The largest absolute Gasteiger partial charge is 0.480 e. The molecule has 0 aliphatic rings. The van der Waals surface area contributed by atoms with Crippen LogP contribution in [0, 0.1) is 0 Å². The van der Waals surface area contributed by atoms with Crippen LogP contribution in [0.3, 0.4) is 0 Å². The van der Waals surface area contributed by atoms with Gasteiger partial charge in [0.15, 0.2) is 11.0 Å². The Kier molecular flexibility index (Phi) is 2.28. The molecule has 72 valence electrons. The van der Waals surface area contributed by atoms with Crippen molar-refractivity contribution < 1.29 is 4.74 Å². The summed E-state index contributed by atoms with van der Waals surface area (Å²) >= 11 is 1.15. The summed E-state index contributed by atoms with van der Waals surface area (Å²) in [4.78, 5) is 8.10. The fourth-order valence-electron chi connectivity index (χ4n) is 1.07. The number of methoxy groups -OCH3 is 1. The lowest BCUT2D eigenvalue weighted by molar-refractivity contribution is 0.399. The van der Waals surface area contributed by atoms with E-state index in [-0.39, 0.29) is 0 Å². The molecule has 0 amide bonds. The number of pyridine rings is 1. The van der Waals surface area contributed by atoms with E-state index in [0.29, 0.717) is 16.8 Å². The van der Waals surface area contributed by atoms with E-state index < -0.39 is 0 Å². The molecule has 0 aliphatic heterocycles. The van der Waals surface area contributed by atoms with Gasteiger partial charge in [-0.1, -0.05) is 0 Å². The zero-order valence-corrected chi connectivity index (χ0v) is 8.28. The Hall–Kier alpha value is -1.69. The highest BCUT2D eigenvalue weighted by Crippen LogP contribution is 2.26. The van der Waals surface area contributed by atoms with Gasteiger partial charge >= 0.3 is 0 Å². The lowest BCUT2D eigenvalue weighted by Gasteiger charge is -2.01. The maximum Gasteiger partial charge on any atom is 0.224 e. The molecule has 2 N–H and O–H groups in total. The molecule has 0 aliphatic carbocycles. The van der Waals surface area contributed by atoms with Crippen LogP contribution in [0.4, 0.5) is 5.13 Å². The summed E-state index contributed by atoms with van der Waals surface area (Å²) in [6.07, 6.45) is 1.65. The topological polar surface area (TPSA) is 73.9 Å². The van der Waals surface area contributed by atoms with Gasteiger partial charge in [0.2, 0.25) is 5.88 Å². The highest BCUT2D eigenvalue weighted by atomic mass is 32.1. The lowest BCUT2D eigenvalue weighted by Crippen LogP contribution is -1.92. The van der Waals surface area contributed by atoms with Gasteiger partial charge in [0.05, 0.1) is 12.7 Å². The summed E-state index contributed by atoms with van der Waals surface area (Å²) in [7, 11) is 1.56. The van der Waals surface area contributed by atoms with Crippen molar-refractivity contribution in [1.29, 1.82) is 0 Å². The van der Waals surface area contributed by atoms with E-state index in [1.54, 1.807) is 19.4 Å². The zero-order valence-electron chi connectivity index (χ0n) is 7.47. The van der Waals surface area contributed by atoms with E-state index in [1.807, 2.05) is 6.07 Å². The molecule has 0 atom stereocenters. The number of nitrogens with two attached hydrogens (primary N) is 1. The van der Waals surface area contributed by atoms with Crippen LogP contribution in [0.1, 0.15) is 0 Å². The first-order chi connectivity index (χ1) is 6.81. The van der Waals surface area contributed by atoms with Crippen LogP contribution in [0.25, 0.3) is 11.4 Å². The van der Waals surface area contributed by atoms with Crippen molar-refractivity contribution in [3.8, 4) is 17.3 Å². The molecule has 0 spiro atoms. The van der Waals surface area contributed by atoms with Crippen molar-refractivity contribution in [2.75, 3.05) is 12.8 Å². The molecule has 2 aromatic heterocycles. The van der Waals surface area contributed by atoms with Gasteiger partial charge in [-0.15, -0.1) is 0 Å². The summed E-state index contributed by atoms with van der Waals surface area (Å²) in [5.74, 6) is 1.06. The molecule has 0 bridgehead atoms. The fourth-order valence-corrected chi connectivity index (χ4v) is 1.51. The molecular weight excluding hydrogens is 200 g/mol. The first-order valence-corrected chi connectivity index (χ1v) is 4.67. The van der Waals surface area contributed by atoms with E-state index in [1.165, 1.54) is 0 Å². The van der Waals surface area contributed by atoms with Crippen molar-refractivity contribution in [3.63, 3.8) is 0 Å². The zero-order chi connectivity index (χ0) is 9.97. The average molecular weight is 208 g/mol. The predicted octanol–water partition coefficient (Wildman–Crippen LogP) is 1.19. The second kappa shape index (κ2) is 3.59. The van der Waals surface area contributed by atoms with Gasteiger partial charge in [-0.3, -0.25) is 0 Å². The molecule has 2 rings (SSSR count). The van der Waals surface area contributed by atoms with Crippen LogP contribution < -0.4 is 10.5 Å². The van der Waals surface area contributed by atoms with Crippen molar-refractivity contribution in [1.82, 2.24) is 14.3 Å². The van der Waals surface area contributed by atoms with Gasteiger partial charge in [0, 0.05) is 17.7 Å². The van der Waals surface area contributed by atoms with Gasteiger partial charge in [-0.2, -0.15) is 9.36 Å². The molecule has 2 aromatic rings. The molecule has 0 fully saturated rings. The highest BCUT2D eigenvalue weighted by Gasteiger charge is 2.10. The lowest BCUT2D eigenvalue weighted by atomic mass is 10.2. The van der Waals surface area contributed by atoms with Gasteiger partial charge < -0.3 is 10.5 Å². The number of ether oxygens (including phenoxy) is 1. The average Bonchev–Trinajstić information content (AvgIpc) is 2.65. The van der Waals surface area contributed by atoms with Crippen molar-refractivity contribution in [3.05, 3.63) is 18.3 Å². The number of nitrogens with zero attached hydrogens (tertiary/aromatic N) is 3. The normalized spacial score (nSPS) is 10.1. The van der Waals surface area contributed by atoms with E-state index in [2.05, 4.69) is 14.3 Å². The third kappa shape index (κ3) is 1.51. The highest BCUT2D eigenvalue weighted by molar-refractivity contribution is 7.09. The number of nitrogen functional groups attached to an aromatic ring is 1. The number of aromatic nitrogens is 3. The Labute approximate surface area is 84.7 Å². The van der Waals surface area contributed by atoms with Gasteiger partial charge in [-0.25, -0.2) is 4.98 Å². The molecular formula is C8H8N4OS. The molecule has 0 aromatic carbocycles. The Balaban J connectivity index is 2.50. The van der Waals surface area contributed by atoms with Crippen molar-refractivity contribution >= 4 is 16.7 Å². The summed E-state index contributed by atoms with van der Waals surface area (Å²) in [5, 5.41) is 0.436. The summed E-state index contributed by atoms with van der Waals surface area (Å²) in [5.41, 5.74) is 6.24. The smallest absolute Gasteiger partial charge is 0.224 e. The van der Waals surface area contributed by atoms with Crippen LogP contribution in [0.2, 0.25) is 0 Å². The Morgan fingerprint density at radius 2 is 2.36 bits per heavy atom. The summed E-state index contributed by atoms with van der Waals surface area (Å²) < 4.78 is 9.16. The minimum Gasteiger partial charge on any atom is -0.480 e. The van der Waals surface area contributed by atoms with E-state index in [0.717, 1.165) is 17.1 Å². The molecule has 0 saturated carbocycles. The SMILES string of the molecule is COc1ncccc1-c1nsc(N)n1. The fraction of sp³-hybridized carbons (Fsp3) is 0.125. The molecule has 6 heteroatoms. The third-order valence-electron chi connectivity index (χ3n) is 1.65. The molecule has 2 heterocycles. The minimum atomic E-state index is 0.436. The molecule has 5 nitrogen and oxygen atoms in total. The van der Waals surface area contributed by atoms with E-state index in [9.17, 15) is 0 Å². The van der Waals surface area contributed by atoms with Gasteiger partial charge in [0.25, 0.3) is 0 Å². The Bertz CT molecular complexity index is 442. The maximum absolute atomic E-state index is 5.49. The van der Waals surface area contributed by atoms with Crippen molar-refractivity contribution in [2.24, 2.45) is 0 Å². The van der Waals surface area contributed by atoms with Crippen LogP contribution in [-0.4, -0.2) is 21.5 Å². The number of hydrogen-bond donors (Lipinski definition) is 1. The Morgan fingerprint density at radius 3 is 3.00 bits per heavy atom. The monoisotopic (exact) mass is 208 g/mol. The van der Waals surface area contributed by atoms with Gasteiger partial charge in [0.1, 0.15) is 0 Å². The quantitative estimate of drug-likeness (QED) is 0.802. The van der Waals surface area contributed by atoms with E-state index >= 15 is 0 Å². The molecule has 0 radical (unpaired) electrons. The summed E-state index contributed by atoms with van der Waals surface area (Å²) in [6, 6.07) is 3.64. The molecule has 14 heavy (non-hydrogen) atoms. The summed E-state index contributed by atoms with van der Waals surface area (Å²) in [6.45, 7) is 0. The third-order valence-corrected chi connectivity index (χ3v) is 2.19. The van der Waals surface area contributed by atoms with Crippen LogP contribution in [-0.2, 0) is 0 Å². The van der Waals surface area contributed by atoms with Crippen LogP contribution in [0.5, 0.6) is 5.88 Å². The molecule has 0 saturated heterocycles. The Morgan fingerprint density at radius 1 is 1.50 bits per heavy atom. The first-order valence-electron chi connectivity index (χ1n) is 3.90. The van der Waals surface area contributed by atoms with Crippen LogP contribution >= 0.6 is 11.5 Å². The maximum atomic E-state index is 5.49. The predicted molar refractivity (Wildman–Crippen MR) is 54.1 cm³/mol. The van der Waals surface area contributed by atoms with Gasteiger partial charge in [-0.05, 0) is 12.1 Å². The van der Waals surface area contributed by atoms with E-state index in [4.69, 9.17) is 10.5 Å². The second-order valence-corrected chi connectivity index (χ2v) is 3.30. The van der Waals surface area contributed by atoms with Crippen LogP contribution in [0.15, 0.2) is 18.3 Å². The molecule has 0 unspecified atom stereocenters. The number of hydrogen-bond acceptors (Lipinski definition) is 6. The first kappa shape index (κ1) is 8.89. The standard InChI is InChI=1S/C8H8N4OS/c1-13-7-5(3-2-4-10-7)6-11-8(9)14-12-6/h2-4H,1H3,(H2,9,11,12).